The highest BCUT2D eigenvalue weighted by atomic mass is 16.5. The van der Waals surface area contributed by atoms with Crippen molar-refractivity contribution < 1.29 is 28.4 Å². The fourth-order valence-electron chi connectivity index (χ4n) is 5.53. The molecule has 0 spiro atoms. The molecule has 0 saturated carbocycles. The minimum Gasteiger partial charge on any atom is -0.493 e. The summed E-state index contributed by atoms with van der Waals surface area (Å²) in [5.41, 5.74) is 3.47. The molecular formula is C35H42O6. The molecule has 0 radical (unpaired) electrons. The Morgan fingerprint density at radius 3 is 0.927 bits per heavy atom. The lowest BCUT2D eigenvalue weighted by Crippen LogP contribution is -2.44. The van der Waals surface area contributed by atoms with Crippen LogP contribution in [-0.2, 0) is 19.6 Å². The Hall–Kier alpha value is -3.06. The predicted octanol–water partition coefficient (Wildman–Crippen LogP) is 6.29. The number of hydrogen-bond acceptors (Lipinski definition) is 6. The van der Waals surface area contributed by atoms with E-state index in [9.17, 15) is 0 Å². The van der Waals surface area contributed by atoms with Gasteiger partial charge in [0.05, 0.1) is 59.5 Å². The minimum absolute atomic E-state index is 0.104. The van der Waals surface area contributed by atoms with Gasteiger partial charge in [0.15, 0.2) is 0 Å². The zero-order chi connectivity index (χ0) is 28.6. The summed E-state index contributed by atoms with van der Waals surface area (Å²) in [5, 5.41) is 0. The van der Waals surface area contributed by atoms with Crippen molar-refractivity contribution in [3.8, 4) is 17.2 Å². The molecule has 6 nitrogen and oxygen atoms in total. The van der Waals surface area contributed by atoms with Gasteiger partial charge in [-0.3, -0.25) is 0 Å². The molecule has 3 aliphatic heterocycles. The molecule has 0 aromatic heterocycles. The van der Waals surface area contributed by atoms with Gasteiger partial charge in [0.25, 0.3) is 0 Å². The average Bonchev–Trinajstić information content (AvgIpc) is 2.95. The lowest BCUT2D eigenvalue weighted by molar-refractivity contribution is -0.120. The minimum atomic E-state index is -0.398. The van der Waals surface area contributed by atoms with Crippen LogP contribution in [0, 0.1) is 16.2 Å². The Kier molecular flexibility index (Phi) is 7.52. The fraction of sp³-hybridized carbons (Fsp3) is 0.486. The zero-order valence-corrected chi connectivity index (χ0v) is 24.7. The molecule has 3 aromatic carbocycles. The van der Waals surface area contributed by atoms with E-state index in [0.29, 0.717) is 19.8 Å². The van der Waals surface area contributed by atoms with Gasteiger partial charge in [0.2, 0.25) is 0 Å². The maximum atomic E-state index is 6.13. The first-order chi connectivity index (χ1) is 19.7. The van der Waals surface area contributed by atoms with Crippen LogP contribution in [0.3, 0.4) is 0 Å². The van der Waals surface area contributed by atoms with Crippen molar-refractivity contribution in [3.05, 3.63) is 89.5 Å². The van der Waals surface area contributed by atoms with Gasteiger partial charge in [0, 0.05) is 21.7 Å². The fourth-order valence-corrected chi connectivity index (χ4v) is 5.53. The number of rotatable bonds is 12. The molecule has 0 N–H and O–H groups in total. The molecule has 3 saturated heterocycles. The van der Waals surface area contributed by atoms with E-state index in [-0.39, 0.29) is 16.2 Å². The van der Waals surface area contributed by atoms with E-state index >= 15 is 0 Å². The molecule has 3 heterocycles. The summed E-state index contributed by atoms with van der Waals surface area (Å²) in [4.78, 5) is 0. The topological polar surface area (TPSA) is 55.4 Å². The zero-order valence-electron chi connectivity index (χ0n) is 24.7. The summed E-state index contributed by atoms with van der Waals surface area (Å²) in [6.07, 6.45) is 0. The summed E-state index contributed by atoms with van der Waals surface area (Å²) < 4.78 is 34.5. The van der Waals surface area contributed by atoms with Crippen molar-refractivity contribution in [1.82, 2.24) is 0 Å². The van der Waals surface area contributed by atoms with Gasteiger partial charge in [-0.15, -0.1) is 0 Å². The molecular weight excluding hydrogens is 516 g/mol. The monoisotopic (exact) mass is 558 g/mol. The van der Waals surface area contributed by atoms with Gasteiger partial charge < -0.3 is 28.4 Å². The van der Waals surface area contributed by atoms with Crippen LogP contribution >= 0.6 is 0 Å². The van der Waals surface area contributed by atoms with E-state index in [4.69, 9.17) is 28.4 Å². The van der Waals surface area contributed by atoms with Crippen LogP contribution in [0.5, 0.6) is 17.2 Å². The Morgan fingerprint density at radius 1 is 0.488 bits per heavy atom. The van der Waals surface area contributed by atoms with E-state index in [2.05, 4.69) is 100 Å². The van der Waals surface area contributed by atoms with Crippen molar-refractivity contribution in [2.24, 2.45) is 16.2 Å². The Morgan fingerprint density at radius 2 is 0.732 bits per heavy atom. The summed E-state index contributed by atoms with van der Waals surface area (Å²) in [5.74, 6) is 2.62. The molecule has 6 heteroatoms. The Balaban J connectivity index is 1.23. The second kappa shape index (κ2) is 11.0. The molecule has 41 heavy (non-hydrogen) atoms. The maximum absolute atomic E-state index is 6.13. The summed E-state index contributed by atoms with van der Waals surface area (Å²) in [6, 6.07) is 25.5. The molecule has 0 amide bonds. The molecule has 0 atom stereocenters. The quantitative estimate of drug-likeness (QED) is 0.244. The highest BCUT2D eigenvalue weighted by Crippen LogP contribution is 2.41. The Bertz CT molecular complexity index is 1140. The van der Waals surface area contributed by atoms with Gasteiger partial charge in [-0.25, -0.2) is 0 Å². The maximum Gasteiger partial charge on any atom is 0.119 e. The number of hydrogen-bond donors (Lipinski definition) is 0. The van der Waals surface area contributed by atoms with Gasteiger partial charge in [0.1, 0.15) is 17.2 Å². The van der Waals surface area contributed by atoms with Crippen molar-refractivity contribution in [2.45, 2.75) is 33.1 Å². The van der Waals surface area contributed by atoms with E-state index < -0.39 is 5.41 Å². The largest absolute Gasteiger partial charge is 0.493 e. The van der Waals surface area contributed by atoms with Crippen LogP contribution < -0.4 is 14.2 Å². The molecule has 3 aliphatic rings. The van der Waals surface area contributed by atoms with E-state index in [1.165, 1.54) is 16.7 Å². The third-order valence-corrected chi connectivity index (χ3v) is 8.76. The molecule has 218 valence electrons. The first-order valence-corrected chi connectivity index (χ1v) is 14.6. The van der Waals surface area contributed by atoms with E-state index in [1.807, 2.05) is 0 Å². The van der Waals surface area contributed by atoms with Crippen molar-refractivity contribution >= 4 is 0 Å². The summed E-state index contributed by atoms with van der Waals surface area (Å²) in [7, 11) is 0. The van der Waals surface area contributed by atoms with Crippen LogP contribution in [0.1, 0.15) is 44.4 Å². The lowest BCUT2D eigenvalue weighted by atomic mass is 9.71. The SMILES string of the molecule is CC1(COc2ccc(C(C)(c3ccc(OCC4(C)COC4)cc3)c3ccc(OCC4(C)COC4)cc3)cc2)COC1. The second-order valence-corrected chi connectivity index (χ2v) is 13.5. The van der Waals surface area contributed by atoms with Crippen molar-refractivity contribution in [3.63, 3.8) is 0 Å². The van der Waals surface area contributed by atoms with Gasteiger partial charge in [-0.05, 0) is 60.0 Å². The van der Waals surface area contributed by atoms with Crippen LogP contribution in [-0.4, -0.2) is 59.5 Å². The average molecular weight is 559 g/mol. The van der Waals surface area contributed by atoms with Gasteiger partial charge in [-0.2, -0.15) is 0 Å². The van der Waals surface area contributed by atoms with Gasteiger partial charge >= 0.3 is 0 Å². The predicted molar refractivity (Wildman–Crippen MR) is 158 cm³/mol. The number of benzene rings is 3. The second-order valence-electron chi connectivity index (χ2n) is 13.5. The molecule has 6 rings (SSSR count). The molecule has 0 aliphatic carbocycles. The number of ether oxygens (including phenoxy) is 6. The van der Waals surface area contributed by atoms with Crippen molar-refractivity contribution in [1.29, 1.82) is 0 Å². The standard InChI is InChI=1S/C35H42O6/c1-32(17-36-18-32)23-39-29-11-5-26(6-12-29)35(4,27-7-13-30(14-8-27)40-24-33(2)19-37-20-33)28-9-15-31(16-10-28)41-25-34(3)21-38-22-34/h5-16H,17-25H2,1-4H3. The molecule has 0 bridgehead atoms. The third-order valence-electron chi connectivity index (χ3n) is 8.76. The van der Waals surface area contributed by atoms with Crippen molar-refractivity contribution in [2.75, 3.05) is 59.5 Å². The first kappa shape index (κ1) is 28.1. The van der Waals surface area contributed by atoms with Crippen LogP contribution in [0.25, 0.3) is 0 Å². The molecule has 0 unspecified atom stereocenters. The van der Waals surface area contributed by atoms with E-state index in [0.717, 1.165) is 56.9 Å². The summed E-state index contributed by atoms with van der Waals surface area (Å²) >= 11 is 0. The lowest BCUT2D eigenvalue weighted by Gasteiger charge is -2.37. The smallest absolute Gasteiger partial charge is 0.119 e. The van der Waals surface area contributed by atoms with Crippen LogP contribution in [0.4, 0.5) is 0 Å². The van der Waals surface area contributed by atoms with Gasteiger partial charge in [-0.1, -0.05) is 57.2 Å². The Labute approximate surface area is 243 Å². The first-order valence-electron chi connectivity index (χ1n) is 14.6. The normalized spacial score (nSPS) is 20.2. The molecule has 3 aromatic rings. The third kappa shape index (κ3) is 5.97. The van der Waals surface area contributed by atoms with E-state index in [1.54, 1.807) is 0 Å². The van der Waals surface area contributed by atoms with Crippen LogP contribution in [0.15, 0.2) is 72.8 Å². The summed E-state index contributed by atoms with van der Waals surface area (Å²) in [6.45, 7) is 15.4. The highest BCUT2D eigenvalue weighted by molar-refractivity contribution is 5.52. The van der Waals surface area contributed by atoms with Crippen LogP contribution in [0.2, 0.25) is 0 Å². The molecule has 3 fully saturated rings. The highest BCUT2D eigenvalue weighted by Gasteiger charge is 2.37.